The predicted octanol–water partition coefficient (Wildman–Crippen LogP) is 4.43. The Balaban J connectivity index is 2.27. The molecule has 1 unspecified atom stereocenters. The van der Waals surface area contributed by atoms with Gasteiger partial charge in [0.2, 0.25) is 0 Å². The molecule has 2 aromatic rings. The molecule has 0 fully saturated rings. The number of fused-ring (bicyclic) bond motifs is 1. The van der Waals surface area contributed by atoms with Gasteiger partial charge in [0.05, 0.1) is 6.10 Å². The predicted molar refractivity (Wildman–Crippen MR) is 70.8 cm³/mol. The summed E-state index contributed by atoms with van der Waals surface area (Å²) in [6, 6.07) is 6.61. The van der Waals surface area contributed by atoms with E-state index >= 15 is 0 Å². The highest BCUT2D eigenvalue weighted by Crippen LogP contribution is 2.33. The lowest BCUT2D eigenvalue weighted by molar-refractivity contribution is 0.181. The van der Waals surface area contributed by atoms with Crippen LogP contribution in [0.5, 0.6) is 0 Å². The van der Waals surface area contributed by atoms with E-state index in [2.05, 4.69) is 6.58 Å². The second-order valence-corrected chi connectivity index (χ2v) is 5.27. The van der Waals surface area contributed by atoms with Crippen LogP contribution in [-0.4, -0.2) is 5.11 Å². The molecule has 0 aliphatic heterocycles. The van der Waals surface area contributed by atoms with E-state index in [4.69, 9.17) is 0 Å². The van der Waals surface area contributed by atoms with Crippen LogP contribution < -0.4 is 0 Å². The van der Waals surface area contributed by atoms with Crippen molar-refractivity contribution in [2.24, 2.45) is 0 Å². The van der Waals surface area contributed by atoms with E-state index in [1.165, 1.54) is 23.5 Å². The Labute approximate surface area is 104 Å². The van der Waals surface area contributed by atoms with Crippen LogP contribution in [0.25, 0.3) is 10.1 Å². The van der Waals surface area contributed by atoms with Crippen LogP contribution >= 0.6 is 11.3 Å². The van der Waals surface area contributed by atoms with Gasteiger partial charge in [-0.1, -0.05) is 25.1 Å². The van der Waals surface area contributed by atoms with Crippen LogP contribution in [0.3, 0.4) is 0 Å². The van der Waals surface area contributed by atoms with Gasteiger partial charge in [-0.25, -0.2) is 4.39 Å². The van der Waals surface area contributed by atoms with E-state index < -0.39 is 6.10 Å². The minimum absolute atomic E-state index is 0.238. The molecule has 0 aliphatic carbocycles. The van der Waals surface area contributed by atoms with Crippen molar-refractivity contribution in [3.63, 3.8) is 0 Å². The number of hydrogen-bond donors (Lipinski definition) is 1. The minimum Gasteiger partial charge on any atom is -0.387 e. The molecule has 1 aromatic heterocycles. The van der Waals surface area contributed by atoms with Crippen molar-refractivity contribution in [3.8, 4) is 0 Å². The second-order valence-electron chi connectivity index (χ2n) is 4.15. The van der Waals surface area contributed by atoms with Crippen molar-refractivity contribution >= 4 is 21.4 Å². The number of thiophene rings is 1. The second kappa shape index (κ2) is 4.98. The number of hydrogen-bond acceptors (Lipinski definition) is 2. The molecular weight excluding hydrogens is 235 g/mol. The topological polar surface area (TPSA) is 20.2 Å². The van der Waals surface area contributed by atoms with Crippen molar-refractivity contribution in [1.29, 1.82) is 0 Å². The van der Waals surface area contributed by atoms with Gasteiger partial charge >= 0.3 is 0 Å². The summed E-state index contributed by atoms with van der Waals surface area (Å²) in [7, 11) is 0. The highest BCUT2D eigenvalue weighted by Gasteiger charge is 2.12. The van der Waals surface area contributed by atoms with Gasteiger partial charge in [0.25, 0.3) is 0 Å². The molecule has 0 aliphatic rings. The van der Waals surface area contributed by atoms with Crippen molar-refractivity contribution in [1.82, 2.24) is 0 Å². The fourth-order valence-corrected chi connectivity index (χ4v) is 2.78. The molecule has 1 atom stereocenters. The van der Waals surface area contributed by atoms with Gasteiger partial charge in [0.1, 0.15) is 5.82 Å². The van der Waals surface area contributed by atoms with Crippen LogP contribution in [0.4, 0.5) is 4.39 Å². The third-order valence-electron chi connectivity index (χ3n) is 2.81. The number of rotatable bonds is 4. The summed E-state index contributed by atoms with van der Waals surface area (Å²) >= 11 is 1.44. The Bertz CT molecular complexity index is 544. The number of benzene rings is 1. The standard InChI is InChI=1S/C14H15FOS/c1-3-9(2)6-12(16)14-7-10-4-5-11(15)8-13(10)17-14/h4-5,7-8,12,16H,2-3,6H2,1H3. The van der Waals surface area contributed by atoms with E-state index in [1.54, 1.807) is 6.07 Å². The third-order valence-corrected chi connectivity index (χ3v) is 4.01. The molecule has 0 saturated carbocycles. The first-order valence-corrected chi connectivity index (χ1v) is 6.45. The van der Waals surface area contributed by atoms with Crippen molar-refractivity contribution < 1.29 is 9.50 Å². The van der Waals surface area contributed by atoms with Gasteiger partial charge in [-0.3, -0.25) is 0 Å². The Morgan fingerprint density at radius 1 is 1.47 bits per heavy atom. The van der Waals surface area contributed by atoms with Crippen molar-refractivity contribution in [2.45, 2.75) is 25.9 Å². The van der Waals surface area contributed by atoms with E-state index in [1.807, 2.05) is 13.0 Å². The molecule has 90 valence electrons. The van der Waals surface area contributed by atoms with Crippen LogP contribution in [0.15, 0.2) is 36.4 Å². The highest BCUT2D eigenvalue weighted by atomic mass is 32.1. The molecule has 17 heavy (non-hydrogen) atoms. The average molecular weight is 250 g/mol. The maximum atomic E-state index is 13.0. The monoisotopic (exact) mass is 250 g/mol. The molecular formula is C14H15FOS. The summed E-state index contributed by atoms with van der Waals surface area (Å²) in [4.78, 5) is 0.875. The van der Waals surface area contributed by atoms with Gasteiger partial charge in [-0.2, -0.15) is 0 Å². The number of aliphatic hydroxyl groups excluding tert-OH is 1. The van der Waals surface area contributed by atoms with Crippen molar-refractivity contribution in [2.75, 3.05) is 0 Å². The summed E-state index contributed by atoms with van der Waals surface area (Å²) in [5, 5.41) is 11.0. The summed E-state index contributed by atoms with van der Waals surface area (Å²) < 4.78 is 13.9. The quantitative estimate of drug-likeness (QED) is 0.796. The van der Waals surface area contributed by atoms with Gasteiger partial charge in [-0.15, -0.1) is 11.3 Å². The molecule has 0 saturated heterocycles. The zero-order valence-corrected chi connectivity index (χ0v) is 10.6. The Kier molecular flexibility index (Phi) is 3.60. The molecule has 3 heteroatoms. The lowest BCUT2D eigenvalue weighted by Gasteiger charge is -2.08. The smallest absolute Gasteiger partial charge is 0.124 e. The van der Waals surface area contributed by atoms with Crippen molar-refractivity contribution in [3.05, 3.63) is 47.1 Å². The fourth-order valence-electron chi connectivity index (χ4n) is 1.71. The van der Waals surface area contributed by atoms with Gasteiger partial charge in [-0.05, 0) is 36.4 Å². The summed E-state index contributed by atoms with van der Waals surface area (Å²) in [6.07, 6.45) is 0.922. The number of halogens is 1. The highest BCUT2D eigenvalue weighted by molar-refractivity contribution is 7.19. The van der Waals surface area contributed by atoms with Crippen LogP contribution in [0.1, 0.15) is 30.7 Å². The molecule has 0 bridgehead atoms. The van der Waals surface area contributed by atoms with Crippen LogP contribution in [0, 0.1) is 5.82 Å². The number of aliphatic hydroxyl groups is 1. The zero-order valence-electron chi connectivity index (χ0n) is 9.74. The average Bonchev–Trinajstić information content (AvgIpc) is 2.71. The first kappa shape index (κ1) is 12.3. The molecule has 1 heterocycles. The van der Waals surface area contributed by atoms with E-state index in [-0.39, 0.29) is 5.82 Å². The van der Waals surface area contributed by atoms with Gasteiger partial charge in [0, 0.05) is 9.58 Å². The van der Waals surface area contributed by atoms with Gasteiger partial charge in [0.15, 0.2) is 0 Å². The Hall–Kier alpha value is -1.19. The lowest BCUT2D eigenvalue weighted by atomic mass is 10.1. The Morgan fingerprint density at radius 3 is 2.94 bits per heavy atom. The fraction of sp³-hybridized carbons (Fsp3) is 0.286. The molecule has 1 aromatic carbocycles. The van der Waals surface area contributed by atoms with Gasteiger partial charge < -0.3 is 5.11 Å². The summed E-state index contributed by atoms with van der Waals surface area (Å²) in [6.45, 7) is 5.91. The molecule has 0 radical (unpaired) electrons. The maximum Gasteiger partial charge on any atom is 0.124 e. The SMILES string of the molecule is C=C(CC)CC(O)c1cc2ccc(F)cc2s1. The maximum absolute atomic E-state index is 13.0. The minimum atomic E-state index is -0.525. The van der Waals surface area contributed by atoms with E-state index in [0.29, 0.717) is 6.42 Å². The van der Waals surface area contributed by atoms with Crippen LogP contribution in [-0.2, 0) is 0 Å². The summed E-state index contributed by atoms with van der Waals surface area (Å²) in [5.74, 6) is -0.238. The third kappa shape index (κ3) is 2.73. The van der Waals surface area contributed by atoms with E-state index in [0.717, 1.165) is 27.0 Å². The first-order valence-electron chi connectivity index (χ1n) is 5.64. The zero-order chi connectivity index (χ0) is 12.4. The normalized spacial score (nSPS) is 12.9. The largest absolute Gasteiger partial charge is 0.387 e. The van der Waals surface area contributed by atoms with E-state index in [9.17, 15) is 9.50 Å². The Morgan fingerprint density at radius 2 is 2.24 bits per heavy atom. The first-order chi connectivity index (χ1) is 8.10. The lowest BCUT2D eigenvalue weighted by Crippen LogP contribution is -1.95. The molecule has 0 spiro atoms. The molecule has 2 rings (SSSR count). The molecule has 1 N–H and O–H groups in total. The van der Waals surface area contributed by atoms with Crippen LogP contribution in [0.2, 0.25) is 0 Å². The molecule has 1 nitrogen and oxygen atoms in total. The summed E-state index contributed by atoms with van der Waals surface area (Å²) in [5.41, 5.74) is 1.03. The molecule has 0 amide bonds.